The molecule has 0 saturated carbocycles. The molecule has 0 aliphatic carbocycles. The molecule has 0 saturated heterocycles. The first-order valence-electron chi connectivity index (χ1n) is 5.13. The zero-order valence-electron chi connectivity index (χ0n) is 9.41. The number of hydrogen-bond acceptors (Lipinski definition) is 5. The van der Waals surface area contributed by atoms with Gasteiger partial charge >= 0.3 is 0 Å². The highest BCUT2D eigenvalue weighted by molar-refractivity contribution is 5.97. The maximum absolute atomic E-state index is 11.5. The van der Waals surface area contributed by atoms with Gasteiger partial charge in [-0.1, -0.05) is 18.2 Å². The van der Waals surface area contributed by atoms with Crippen LogP contribution in [0.3, 0.4) is 0 Å². The largest absolute Gasteiger partial charge is 0.385 e. The molecule has 6 heteroatoms. The zero-order chi connectivity index (χ0) is 13.7. The molecule has 2 unspecified atom stereocenters. The number of aliphatic hydroxyl groups is 2. The van der Waals surface area contributed by atoms with E-state index < -0.39 is 23.9 Å². The first-order chi connectivity index (χ1) is 8.47. The number of Topliss-reactive ketones (excluding diaryl/α,β-unsaturated/α-hetero) is 1. The van der Waals surface area contributed by atoms with Crippen molar-refractivity contribution in [2.24, 2.45) is 5.73 Å². The Morgan fingerprint density at radius 1 is 1.39 bits per heavy atom. The van der Waals surface area contributed by atoms with Crippen molar-refractivity contribution in [1.29, 1.82) is 5.26 Å². The number of nitrogens with zero attached hydrogens (tertiary/aromatic N) is 1. The van der Waals surface area contributed by atoms with Gasteiger partial charge in [-0.25, -0.2) is 0 Å². The van der Waals surface area contributed by atoms with Crippen molar-refractivity contribution in [1.82, 2.24) is 0 Å². The van der Waals surface area contributed by atoms with Crippen LogP contribution in [-0.4, -0.2) is 28.0 Å². The Bertz CT molecular complexity index is 507. The number of amides is 1. The maximum atomic E-state index is 11.5. The molecule has 0 spiro atoms. The second kappa shape index (κ2) is 5.91. The molecule has 0 aliphatic heterocycles. The number of carbonyl (C=O) groups excluding carboxylic acids is 2. The molecule has 6 nitrogen and oxygen atoms in total. The minimum atomic E-state index is -1.74. The van der Waals surface area contributed by atoms with Gasteiger partial charge < -0.3 is 15.9 Å². The SMILES string of the molecule is N#CCC(=O)c1cccc(C(O)C(O)C(N)=O)c1. The summed E-state index contributed by atoms with van der Waals surface area (Å²) in [6, 6.07) is 7.44. The summed E-state index contributed by atoms with van der Waals surface area (Å²) < 4.78 is 0. The minimum Gasteiger partial charge on any atom is -0.385 e. The molecule has 0 aliphatic rings. The van der Waals surface area contributed by atoms with E-state index in [1.54, 1.807) is 6.07 Å². The van der Waals surface area contributed by atoms with E-state index in [-0.39, 0.29) is 17.5 Å². The summed E-state index contributed by atoms with van der Waals surface area (Å²) in [7, 11) is 0. The van der Waals surface area contributed by atoms with Crippen LogP contribution >= 0.6 is 0 Å². The number of nitriles is 1. The number of nitrogens with two attached hydrogens (primary N) is 1. The van der Waals surface area contributed by atoms with Gasteiger partial charge in [-0.2, -0.15) is 5.26 Å². The lowest BCUT2D eigenvalue weighted by molar-refractivity contribution is -0.131. The van der Waals surface area contributed by atoms with E-state index >= 15 is 0 Å². The van der Waals surface area contributed by atoms with Gasteiger partial charge in [0.2, 0.25) is 5.91 Å². The number of benzene rings is 1. The van der Waals surface area contributed by atoms with Crippen LogP contribution in [0, 0.1) is 11.3 Å². The van der Waals surface area contributed by atoms with Crippen LogP contribution in [0.1, 0.15) is 28.4 Å². The normalized spacial score (nSPS) is 13.4. The quantitative estimate of drug-likeness (QED) is 0.615. The summed E-state index contributed by atoms with van der Waals surface area (Å²) in [6.45, 7) is 0. The van der Waals surface area contributed by atoms with Crippen LogP contribution in [0.4, 0.5) is 0 Å². The second-order valence-electron chi connectivity index (χ2n) is 3.68. The molecule has 1 aromatic rings. The predicted octanol–water partition coefficient (Wildman–Crippen LogP) is -0.337. The fourth-order valence-electron chi connectivity index (χ4n) is 1.41. The van der Waals surface area contributed by atoms with Crippen molar-refractivity contribution in [2.45, 2.75) is 18.6 Å². The smallest absolute Gasteiger partial charge is 0.249 e. The van der Waals surface area contributed by atoms with Gasteiger partial charge in [-0.3, -0.25) is 9.59 Å². The van der Waals surface area contributed by atoms with E-state index in [1.165, 1.54) is 24.3 Å². The monoisotopic (exact) mass is 248 g/mol. The van der Waals surface area contributed by atoms with E-state index in [1.807, 2.05) is 0 Å². The van der Waals surface area contributed by atoms with E-state index in [4.69, 9.17) is 11.0 Å². The predicted molar refractivity (Wildman–Crippen MR) is 61.2 cm³/mol. The third-order valence-electron chi connectivity index (χ3n) is 2.38. The highest BCUT2D eigenvalue weighted by atomic mass is 16.3. The van der Waals surface area contributed by atoms with Gasteiger partial charge in [0, 0.05) is 5.56 Å². The molecule has 1 rings (SSSR count). The van der Waals surface area contributed by atoms with Gasteiger partial charge in [0.25, 0.3) is 0 Å². The van der Waals surface area contributed by atoms with Gasteiger partial charge in [-0.05, 0) is 11.6 Å². The summed E-state index contributed by atoms with van der Waals surface area (Å²) in [5.74, 6) is -1.46. The van der Waals surface area contributed by atoms with Crippen molar-refractivity contribution in [2.75, 3.05) is 0 Å². The number of ketones is 1. The van der Waals surface area contributed by atoms with E-state index in [2.05, 4.69) is 0 Å². The van der Waals surface area contributed by atoms with Crippen LogP contribution in [0.25, 0.3) is 0 Å². The van der Waals surface area contributed by atoms with Gasteiger partial charge in [0.15, 0.2) is 11.9 Å². The molecule has 4 N–H and O–H groups in total. The Hall–Kier alpha value is -2.23. The van der Waals surface area contributed by atoms with Crippen molar-refractivity contribution in [3.8, 4) is 6.07 Å². The van der Waals surface area contributed by atoms with Gasteiger partial charge in [-0.15, -0.1) is 0 Å². The lowest BCUT2D eigenvalue weighted by atomic mass is 9.99. The standard InChI is InChI=1S/C12H12N2O4/c13-5-4-9(15)7-2-1-3-8(6-7)10(16)11(17)12(14)18/h1-3,6,10-11,16-17H,4H2,(H2,14,18). The van der Waals surface area contributed by atoms with E-state index in [0.29, 0.717) is 0 Å². The Morgan fingerprint density at radius 3 is 2.61 bits per heavy atom. The highest BCUT2D eigenvalue weighted by Crippen LogP contribution is 2.18. The van der Waals surface area contributed by atoms with Crippen LogP contribution in [0.5, 0.6) is 0 Å². The molecular formula is C12H12N2O4. The Kier molecular flexibility index (Phi) is 4.54. The lowest BCUT2D eigenvalue weighted by Crippen LogP contribution is -2.33. The maximum Gasteiger partial charge on any atom is 0.249 e. The first-order valence-corrected chi connectivity index (χ1v) is 5.13. The molecule has 2 atom stereocenters. The molecule has 0 fully saturated rings. The molecule has 1 aromatic carbocycles. The summed E-state index contributed by atoms with van der Waals surface area (Å²) in [6.07, 6.45) is -3.53. The van der Waals surface area contributed by atoms with Crippen molar-refractivity contribution < 1.29 is 19.8 Å². The molecule has 94 valence electrons. The molecule has 1 amide bonds. The number of carbonyl (C=O) groups is 2. The molecule has 0 heterocycles. The number of aliphatic hydroxyl groups excluding tert-OH is 2. The average Bonchev–Trinajstić information content (AvgIpc) is 2.37. The van der Waals surface area contributed by atoms with Crippen LogP contribution in [0.2, 0.25) is 0 Å². The third-order valence-corrected chi connectivity index (χ3v) is 2.38. The fourth-order valence-corrected chi connectivity index (χ4v) is 1.41. The summed E-state index contributed by atoms with van der Waals surface area (Å²) in [5, 5.41) is 27.4. The zero-order valence-corrected chi connectivity index (χ0v) is 9.41. The second-order valence-corrected chi connectivity index (χ2v) is 3.68. The van der Waals surface area contributed by atoms with Crippen molar-refractivity contribution >= 4 is 11.7 Å². The summed E-state index contributed by atoms with van der Waals surface area (Å²) in [5.41, 5.74) is 5.27. The molecule has 0 bridgehead atoms. The third kappa shape index (κ3) is 3.13. The Morgan fingerprint density at radius 2 is 2.06 bits per heavy atom. The number of primary amides is 1. The van der Waals surface area contributed by atoms with Crippen LogP contribution in [0.15, 0.2) is 24.3 Å². The molecule has 0 radical (unpaired) electrons. The van der Waals surface area contributed by atoms with E-state index in [9.17, 15) is 19.8 Å². The Balaban J connectivity index is 2.99. The topological polar surface area (TPSA) is 124 Å². The van der Waals surface area contributed by atoms with Crippen molar-refractivity contribution in [3.63, 3.8) is 0 Å². The number of rotatable bonds is 5. The van der Waals surface area contributed by atoms with Gasteiger partial charge in [0.05, 0.1) is 12.5 Å². The average molecular weight is 248 g/mol. The summed E-state index contributed by atoms with van der Waals surface area (Å²) in [4.78, 5) is 22.2. The molecule has 0 aromatic heterocycles. The molecule has 18 heavy (non-hydrogen) atoms. The van der Waals surface area contributed by atoms with Crippen LogP contribution in [-0.2, 0) is 4.79 Å². The van der Waals surface area contributed by atoms with Gasteiger partial charge in [0.1, 0.15) is 6.10 Å². The fraction of sp³-hybridized carbons (Fsp3) is 0.250. The number of hydrogen-bond donors (Lipinski definition) is 3. The molecular weight excluding hydrogens is 236 g/mol. The highest BCUT2D eigenvalue weighted by Gasteiger charge is 2.23. The first kappa shape index (κ1) is 13.8. The Labute approximate surface area is 103 Å². The van der Waals surface area contributed by atoms with Crippen LogP contribution < -0.4 is 5.73 Å². The van der Waals surface area contributed by atoms with E-state index in [0.717, 1.165) is 0 Å². The van der Waals surface area contributed by atoms with Crippen molar-refractivity contribution in [3.05, 3.63) is 35.4 Å². The summed E-state index contributed by atoms with van der Waals surface area (Å²) >= 11 is 0. The minimum absolute atomic E-state index is 0.185. The lowest BCUT2D eigenvalue weighted by Gasteiger charge is -2.15.